The molecule has 2 heterocycles. The first-order chi connectivity index (χ1) is 16.5. The minimum absolute atomic E-state index is 0.0413. The maximum Gasteiger partial charge on any atom is 0.294 e. The van der Waals surface area contributed by atoms with E-state index in [9.17, 15) is 9.59 Å². The molecule has 1 fully saturated rings. The zero-order chi connectivity index (χ0) is 23.9. The zero-order valence-electron chi connectivity index (χ0n) is 20.1. The van der Waals surface area contributed by atoms with Crippen molar-refractivity contribution in [1.82, 2.24) is 14.9 Å². The van der Waals surface area contributed by atoms with Gasteiger partial charge in [-0.05, 0) is 50.8 Å². The molecule has 1 saturated heterocycles. The number of aromatic nitrogens is 2. The normalized spacial score (nSPS) is 16.2. The minimum Gasteiger partial charge on any atom is -0.379 e. The Bertz CT molecular complexity index is 1160. The van der Waals surface area contributed by atoms with Crippen LogP contribution in [0.25, 0.3) is 11.0 Å². The Morgan fingerprint density at radius 3 is 2.71 bits per heavy atom. The summed E-state index contributed by atoms with van der Waals surface area (Å²) >= 11 is 0. The third kappa shape index (κ3) is 5.83. The molecule has 0 spiro atoms. The number of carbonyl (C=O) groups excluding carboxylic acids is 1. The second-order valence-corrected chi connectivity index (χ2v) is 9.15. The van der Waals surface area contributed by atoms with Gasteiger partial charge in [-0.1, -0.05) is 42.5 Å². The van der Waals surface area contributed by atoms with Crippen LogP contribution in [0, 0.1) is 5.92 Å². The molecule has 1 aliphatic rings. The van der Waals surface area contributed by atoms with E-state index in [4.69, 9.17) is 9.72 Å². The summed E-state index contributed by atoms with van der Waals surface area (Å²) < 4.78 is 7.34. The average Bonchev–Trinajstić information content (AvgIpc) is 2.86. The Morgan fingerprint density at radius 1 is 1.15 bits per heavy atom. The van der Waals surface area contributed by atoms with E-state index < -0.39 is 0 Å². The number of rotatable bonds is 9. The Morgan fingerprint density at radius 2 is 1.91 bits per heavy atom. The van der Waals surface area contributed by atoms with Crippen LogP contribution in [0.2, 0.25) is 0 Å². The van der Waals surface area contributed by atoms with Gasteiger partial charge in [-0.15, -0.1) is 0 Å². The van der Waals surface area contributed by atoms with E-state index in [1.54, 1.807) is 4.57 Å². The summed E-state index contributed by atoms with van der Waals surface area (Å²) in [5, 5.41) is 3.04. The van der Waals surface area contributed by atoms with Crippen LogP contribution in [-0.4, -0.2) is 47.8 Å². The third-order valence-electron chi connectivity index (χ3n) is 6.18. The van der Waals surface area contributed by atoms with Gasteiger partial charge in [-0.25, -0.2) is 4.98 Å². The quantitative estimate of drug-likeness (QED) is 0.492. The Balaban J connectivity index is 1.52. The fraction of sp³-hybridized carbons (Fsp3) is 0.444. The summed E-state index contributed by atoms with van der Waals surface area (Å²) in [7, 11) is 0. The maximum atomic E-state index is 13.6. The molecule has 1 atom stereocenters. The molecule has 180 valence electrons. The van der Waals surface area contributed by atoms with Gasteiger partial charge in [0.1, 0.15) is 0 Å². The number of ether oxygens (including phenoxy) is 1. The molecule has 4 rings (SSSR count). The van der Waals surface area contributed by atoms with Gasteiger partial charge in [-0.2, -0.15) is 0 Å². The van der Waals surface area contributed by atoms with Gasteiger partial charge in [0.25, 0.3) is 5.56 Å². The van der Waals surface area contributed by atoms with Crippen LogP contribution in [-0.2, 0) is 16.1 Å². The average molecular weight is 463 g/mol. The van der Waals surface area contributed by atoms with Crippen molar-refractivity contribution in [1.29, 1.82) is 0 Å². The number of fused-ring (bicyclic) bond motifs is 1. The number of carbonyl (C=O) groups is 1. The van der Waals surface area contributed by atoms with Gasteiger partial charge < -0.3 is 15.0 Å². The van der Waals surface area contributed by atoms with Crippen molar-refractivity contribution in [3.63, 3.8) is 0 Å². The molecule has 7 heteroatoms. The number of amides is 1. The highest BCUT2D eigenvalue weighted by Crippen LogP contribution is 2.22. The molecular formula is C27H34N4O3. The van der Waals surface area contributed by atoms with E-state index in [1.807, 2.05) is 73.3 Å². The van der Waals surface area contributed by atoms with E-state index in [1.165, 1.54) is 0 Å². The van der Waals surface area contributed by atoms with E-state index in [2.05, 4.69) is 5.32 Å². The second kappa shape index (κ2) is 11.3. The standard InChI is InChI=1S/C27H34N4O3/c1-20(2)34-17-9-15-28-26(32)22-12-8-16-30(19-22)25-27(33)31(18-21-10-4-3-5-11-21)24-14-7-6-13-23(24)29-25/h3-7,10-11,13-14,20,22H,8-9,12,15-19H2,1-2H3,(H,28,32)/t22-/m1/s1. The van der Waals surface area contributed by atoms with Crippen LogP contribution in [0.5, 0.6) is 0 Å². The summed E-state index contributed by atoms with van der Waals surface area (Å²) in [5.74, 6) is 0.312. The molecule has 3 aromatic rings. The smallest absolute Gasteiger partial charge is 0.294 e. The van der Waals surface area contributed by atoms with Crippen molar-refractivity contribution in [3.05, 3.63) is 70.5 Å². The van der Waals surface area contributed by atoms with E-state index >= 15 is 0 Å². The number of nitrogens with one attached hydrogen (secondary N) is 1. The summed E-state index contributed by atoms with van der Waals surface area (Å²) in [6.07, 6.45) is 2.65. The highest BCUT2D eigenvalue weighted by Gasteiger charge is 2.28. The SMILES string of the molecule is CC(C)OCCCNC(=O)[C@@H]1CCCN(c2nc3ccccc3n(Cc3ccccc3)c2=O)C1. The zero-order valence-corrected chi connectivity index (χ0v) is 20.1. The van der Waals surface area contributed by atoms with Crippen molar-refractivity contribution < 1.29 is 9.53 Å². The molecular weight excluding hydrogens is 428 g/mol. The lowest BCUT2D eigenvalue weighted by Crippen LogP contribution is -2.46. The number of nitrogens with zero attached hydrogens (tertiary/aromatic N) is 3. The number of hydrogen-bond acceptors (Lipinski definition) is 5. The minimum atomic E-state index is -0.157. The second-order valence-electron chi connectivity index (χ2n) is 9.15. The van der Waals surface area contributed by atoms with Crippen LogP contribution >= 0.6 is 0 Å². The van der Waals surface area contributed by atoms with Crippen LogP contribution in [0.3, 0.4) is 0 Å². The first-order valence-electron chi connectivity index (χ1n) is 12.2. The molecule has 7 nitrogen and oxygen atoms in total. The lowest BCUT2D eigenvalue weighted by molar-refractivity contribution is -0.125. The number of para-hydroxylation sites is 2. The van der Waals surface area contributed by atoms with Crippen LogP contribution in [0.15, 0.2) is 59.4 Å². The molecule has 2 aromatic carbocycles. The van der Waals surface area contributed by atoms with Crippen LogP contribution < -0.4 is 15.8 Å². The largest absolute Gasteiger partial charge is 0.379 e. The van der Waals surface area contributed by atoms with Gasteiger partial charge in [0.2, 0.25) is 5.91 Å². The number of benzene rings is 2. The Hall–Kier alpha value is -3.19. The summed E-state index contributed by atoms with van der Waals surface area (Å²) in [4.78, 5) is 33.1. The summed E-state index contributed by atoms with van der Waals surface area (Å²) in [6.45, 7) is 6.94. The van der Waals surface area contributed by atoms with Gasteiger partial charge in [0.15, 0.2) is 5.82 Å². The van der Waals surface area contributed by atoms with Crippen molar-refractivity contribution in [2.45, 2.75) is 45.8 Å². The lowest BCUT2D eigenvalue weighted by Gasteiger charge is -2.32. The van der Waals surface area contributed by atoms with Crippen molar-refractivity contribution in [2.24, 2.45) is 5.92 Å². The summed E-state index contributed by atoms with van der Waals surface area (Å²) in [6, 6.07) is 17.7. The first kappa shape index (κ1) is 24.0. The van der Waals surface area contributed by atoms with Gasteiger partial charge in [0, 0.05) is 26.2 Å². The van der Waals surface area contributed by atoms with Gasteiger partial charge in [-0.3, -0.25) is 14.2 Å². The van der Waals surface area contributed by atoms with E-state index in [-0.39, 0.29) is 23.5 Å². The highest BCUT2D eigenvalue weighted by atomic mass is 16.5. The molecule has 34 heavy (non-hydrogen) atoms. The first-order valence-corrected chi connectivity index (χ1v) is 12.2. The number of piperidine rings is 1. The predicted octanol–water partition coefficient (Wildman–Crippen LogP) is 3.59. The van der Waals surface area contributed by atoms with Gasteiger partial charge >= 0.3 is 0 Å². The van der Waals surface area contributed by atoms with Crippen molar-refractivity contribution in [3.8, 4) is 0 Å². The van der Waals surface area contributed by atoms with E-state index in [0.29, 0.717) is 32.1 Å². The Kier molecular flexibility index (Phi) is 7.95. The molecule has 0 unspecified atom stereocenters. The molecule has 1 amide bonds. The molecule has 1 aliphatic heterocycles. The van der Waals surface area contributed by atoms with E-state index in [0.717, 1.165) is 42.4 Å². The molecule has 0 radical (unpaired) electrons. The predicted molar refractivity (Wildman–Crippen MR) is 135 cm³/mol. The van der Waals surface area contributed by atoms with Crippen LogP contribution in [0.1, 0.15) is 38.7 Å². The van der Waals surface area contributed by atoms with Crippen molar-refractivity contribution in [2.75, 3.05) is 31.1 Å². The maximum absolute atomic E-state index is 13.6. The fourth-order valence-electron chi connectivity index (χ4n) is 4.44. The monoisotopic (exact) mass is 462 g/mol. The number of anilines is 1. The summed E-state index contributed by atoms with van der Waals surface area (Å²) in [5.41, 5.74) is 2.54. The highest BCUT2D eigenvalue weighted by molar-refractivity contribution is 5.80. The van der Waals surface area contributed by atoms with Crippen LogP contribution in [0.4, 0.5) is 5.82 Å². The topological polar surface area (TPSA) is 76.5 Å². The molecule has 0 aliphatic carbocycles. The third-order valence-corrected chi connectivity index (χ3v) is 6.18. The Labute approximate surface area is 200 Å². The van der Waals surface area contributed by atoms with Crippen molar-refractivity contribution >= 4 is 22.8 Å². The number of hydrogen-bond donors (Lipinski definition) is 1. The molecule has 0 bridgehead atoms. The molecule has 1 N–H and O–H groups in total. The molecule has 0 saturated carbocycles. The molecule has 1 aromatic heterocycles. The van der Waals surface area contributed by atoms with Gasteiger partial charge in [0.05, 0.1) is 29.6 Å². The fourth-order valence-corrected chi connectivity index (χ4v) is 4.44. The lowest BCUT2D eigenvalue weighted by atomic mass is 9.97.